The van der Waals surface area contributed by atoms with E-state index in [1.165, 1.54) is 10.6 Å². The molecule has 1 N–H and O–H groups in total. The first-order valence-electron chi connectivity index (χ1n) is 4.69. The summed E-state index contributed by atoms with van der Waals surface area (Å²) in [5.74, 6) is 0. The molecular formula is C10H18N2S. The van der Waals surface area contributed by atoms with Crippen LogP contribution in [0.1, 0.15) is 38.3 Å². The van der Waals surface area contributed by atoms with Gasteiger partial charge < -0.3 is 5.32 Å². The molecule has 0 saturated carbocycles. The summed E-state index contributed by atoms with van der Waals surface area (Å²) in [7, 11) is 0. The number of nitrogens with zero attached hydrogens (tertiary/aromatic N) is 1. The Morgan fingerprint density at radius 1 is 1.46 bits per heavy atom. The van der Waals surface area contributed by atoms with Crippen molar-refractivity contribution in [3.8, 4) is 0 Å². The fourth-order valence-corrected chi connectivity index (χ4v) is 1.87. The van der Waals surface area contributed by atoms with Crippen molar-refractivity contribution in [2.24, 2.45) is 0 Å². The second kappa shape index (κ2) is 4.20. The summed E-state index contributed by atoms with van der Waals surface area (Å²) in [6.07, 6.45) is 1.03. The van der Waals surface area contributed by atoms with E-state index >= 15 is 0 Å². The van der Waals surface area contributed by atoms with Crippen LogP contribution < -0.4 is 5.32 Å². The highest BCUT2D eigenvalue weighted by Crippen LogP contribution is 2.14. The topological polar surface area (TPSA) is 24.9 Å². The number of nitrogens with one attached hydrogen (secondary N) is 1. The molecule has 74 valence electrons. The summed E-state index contributed by atoms with van der Waals surface area (Å²) in [6.45, 7) is 9.63. The largest absolute Gasteiger partial charge is 0.307 e. The molecule has 0 amide bonds. The molecule has 0 spiro atoms. The van der Waals surface area contributed by atoms with Crippen molar-refractivity contribution in [3.63, 3.8) is 0 Å². The minimum absolute atomic E-state index is 0.189. The van der Waals surface area contributed by atoms with Gasteiger partial charge >= 0.3 is 0 Å². The van der Waals surface area contributed by atoms with Gasteiger partial charge in [0.1, 0.15) is 0 Å². The summed E-state index contributed by atoms with van der Waals surface area (Å²) in [4.78, 5) is 5.69. The van der Waals surface area contributed by atoms with Gasteiger partial charge in [-0.15, -0.1) is 11.3 Å². The Labute approximate surface area is 84.4 Å². The van der Waals surface area contributed by atoms with Gasteiger partial charge in [-0.1, -0.05) is 6.92 Å². The maximum atomic E-state index is 4.31. The fraction of sp³-hybridized carbons (Fsp3) is 0.700. The molecule has 0 aromatic carbocycles. The van der Waals surface area contributed by atoms with Crippen molar-refractivity contribution in [1.29, 1.82) is 0 Å². The molecule has 1 aromatic rings. The zero-order valence-corrected chi connectivity index (χ0v) is 9.66. The lowest BCUT2D eigenvalue weighted by molar-refractivity contribution is 0.425. The molecule has 0 aliphatic carbocycles. The van der Waals surface area contributed by atoms with Gasteiger partial charge in [-0.25, -0.2) is 4.98 Å². The lowest BCUT2D eigenvalue weighted by Gasteiger charge is -2.20. The van der Waals surface area contributed by atoms with Gasteiger partial charge in [-0.2, -0.15) is 0 Å². The van der Waals surface area contributed by atoms with Crippen molar-refractivity contribution in [1.82, 2.24) is 10.3 Å². The molecule has 0 aliphatic rings. The van der Waals surface area contributed by atoms with Crippen molar-refractivity contribution in [2.75, 3.05) is 0 Å². The zero-order chi connectivity index (χ0) is 9.90. The Balaban J connectivity index is 2.54. The maximum absolute atomic E-state index is 4.31. The summed E-state index contributed by atoms with van der Waals surface area (Å²) >= 11 is 1.74. The Hall–Kier alpha value is -0.410. The van der Waals surface area contributed by atoms with Gasteiger partial charge in [-0.05, 0) is 27.2 Å². The van der Waals surface area contributed by atoms with Crippen LogP contribution in [0.25, 0.3) is 0 Å². The van der Waals surface area contributed by atoms with E-state index in [9.17, 15) is 0 Å². The second-order valence-electron chi connectivity index (χ2n) is 4.18. The highest BCUT2D eigenvalue weighted by Gasteiger charge is 2.10. The Morgan fingerprint density at radius 3 is 2.69 bits per heavy atom. The van der Waals surface area contributed by atoms with Crippen LogP contribution >= 0.6 is 11.3 Å². The Bertz CT molecular complexity index is 260. The van der Waals surface area contributed by atoms with E-state index in [0.717, 1.165) is 13.0 Å². The predicted octanol–water partition coefficient (Wildman–Crippen LogP) is 2.59. The van der Waals surface area contributed by atoms with E-state index in [2.05, 4.69) is 38.0 Å². The summed E-state index contributed by atoms with van der Waals surface area (Å²) in [6, 6.07) is 0. The van der Waals surface area contributed by atoms with Crippen molar-refractivity contribution in [2.45, 2.75) is 46.2 Å². The highest BCUT2D eigenvalue weighted by atomic mass is 32.1. The average Bonchev–Trinajstić information content (AvgIpc) is 2.46. The number of hydrogen-bond donors (Lipinski definition) is 1. The fourth-order valence-electron chi connectivity index (χ4n) is 1.07. The molecular weight excluding hydrogens is 180 g/mol. The first-order chi connectivity index (χ1) is 6.03. The standard InChI is InChI=1S/C10H18N2S/c1-5-8-9(13-7-11-8)6-12-10(2,3)4/h7,12H,5-6H2,1-4H3. The molecule has 13 heavy (non-hydrogen) atoms. The first-order valence-corrected chi connectivity index (χ1v) is 5.57. The molecule has 0 fully saturated rings. The van der Waals surface area contributed by atoms with E-state index in [4.69, 9.17) is 0 Å². The molecule has 0 radical (unpaired) electrons. The van der Waals surface area contributed by atoms with E-state index < -0.39 is 0 Å². The maximum Gasteiger partial charge on any atom is 0.0798 e. The van der Waals surface area contributed by atoms with Crippen LogP contribution in [0.2, 0.25) is 0 Å². The molecule has 1 rings (SSSR count). The van der Waals surface area contributed by atoms with Crippen LogP contribution in [0.15, 0.2) is 5.51 Å². The summed E-state index contributed by atoms with van der Waals surface area (Å²) in [5.41, 5.74) is 3.36. The monoisotopic (exact) mass is 198 g/mol. The number of aryl methyl sites for hydroxylation is 1. The Kier molecular flexibility index (Phi) is 3.45. The molecule has 0 bridgehead atoms. The van der Waals surface area contributed by atoms with Crippen LogP contribution in [0, 0.1) is 0 Å². The number of thiazole rings is 1. The van der Waals surface area contributed by atoms with Crippen LogP contribution in [0.5, 0.6) is 0 Å². The molecule has 1 heterocycles. The van der Waals surface area contributed by atoms with Crippen LogP contribution in [0.3, 0.4) is 0 Å². The van der Waals surface area contributed by atoms with Gasteiger partial charge in [0.15, 0.2) is 0 Å². The lowest BCUT2D eigenvalue weighted by Crippen LogP contribution is -2.35. The lowest BCUT2D eigenvalue weighted by atomic mass is 10.1. The van der Waals surface area contributed by atoms with Crippen LogP contribution in [0.4, 0.5) is 0 Å². The van der Waals surface area contributed by atoms with E-state index in [-0.39, 0.29) is 5.54 Å². The number of rotatable bonds is 3. The summed E-state index contributed by atoms with van der Waals surface area (Å²) < 4.78 is 0. The normalized spacial score (nSPS) is 12.0. The third kappa shape index (κ3) is 3.44. The van der Waals surface area contributed by atoms with Gasteiger partial charge in [0.25, 0.3) is 0 Å². The molecule has 0 saturated heterocycles. The van der Waals surface area contributed by atoms with E-state index in [0.29, 0.717) is 0 Å². The Morgan fingerprint density at radius 2 is 2.15 bits per heavy atom. The van der Waals surface area contributed by atoms with E-state index in [1.54, 1.807) is 11.3 Å². The average molecular weight is 198 g/mol. The van der Waals surface area contributed by atoms with Crippen molar-refractivity contribution < 1.29 is 0 Å². The predicted molar refractivity (Wildman–Crippen MR) is 58.1 cm³/mol. The zero-order valence-electron chi connectivity index (χ0n) is 8.85. The van der Waals surface area contributed by atoms with Gasteiger partial charge in [0.2, 0.25) is 0 Å². The molecule has 1 aromatic heterocycles. The highest BCUT2D eigenvalue weighted by molar-refractivity contribution is 7.09. The second-order valence-corrected chi connectivity index (χ2v) is 5.12. The van der Waals surface area contributed by atoms with Crippen LogP contribution in [-0.2, 0) is 13.0 Å². The van der Waals surface area contributed by atoms with E-state index in [1.807, 2.05) is 5.51 Å². The molecule has 3 heteroatoms. The third-order valence-corrected chi connectivity index (χ3v) is 2.71. The van der Waals surface area contributed by atoms with Crippen molar-refractivity contribution in [3.05, 3.63) is 16.1 Å². The molecule has 0 unspecified atom stereocenters. The minimum Gasteiger partial charge on any atom is -0.307 e. The molecule has 2 nitrogen and oxygen atoms in total. The van der Waals surface area contributed by atoms with Gasteiger partial charge in [0.05, 0.1) is 11.2 Å². The first kappa shape index (κ1) is 10.7. The number of aromatic nitrogens is 1. The van der Waals surface area contributed by atoms with Gasteiger partial charge in [-0.3, -0.25) is 0 Å². The molecule has 0 atom stereocenters. The smallest absolute Gasteiger partial charge is 0.0798 e. The van der Waals surface area contributed by atoms with Crippen LogP contribution in [-0.4, -0.2) is 10.5 Å². The summed E-state index contributed by atoms with van der Waals surface area (Å²) in [5, 5.41) is 3.47. The number of hydrogen-bond acceptors (Lipinski definition) is 3. The quantitative estimate of drug-likeness (QED) is 0.807. The van der Waals surface area contributed by atoms with Gasteiger partial charge in [0, 0.05) is 17.0 Å². The van der Waals surface area contributed by atoms with Crippen molar-refractivity contribution >= 4 is 11.3 Å². The minimum atomic E-state index is 0.189. The molecule has 0 aliphatic heterocycles. The SMILES string of the molecule is CCc1ncsc1CNC(C)(C)C. The third-order valence-electron chi connectivity index (χ3n) is 1.84.